The van der Waals surface area contributed by atoms with E-state index in [0.717, 1.165) is 23.3 Å². The van der Waals surface area contributed by atoms with Crippen molar-refractivity contribution >= 4 is 23.2 Å². The fraction of sp³-hybridized carbons (Fsp3) is 0.538. The van der Waals surface area contributed by atoms with Gasteiger partial charge in [-0.1, -0.05) is 6.92 Å². The maximum atomic E-state index is 12.4. The molecule has 2 rings (SSSR count). The SMILES string of the molecule is CCc1ccsc1C(=O)N1CCC[C@H](C(=O)O)C1. The number of aryl methyl sites for hydroxylation is 1. The van der Waals surface area contributed by atoms with Crippen LogP contribution in [0.1, 0.15) is 35.0 Å². The van der Waals surface area contributed by atoms with Gasteiger partial charge in [-0.05, 0) is 36.3 Å². The molecule has 1 aliphatic rings. The summed E-state index contributed by atoms with van der Waals surface area (Å²) in [4.78, 5) is 25.8. The Balaban J connectivity index is 2.11. The molecule has 4 nitrogen and oxygen atoms in total. The molecule has 5 heteroatoms. The van der Waals surface area contributed by atoms with Gasteiger partial charge in [0.15, 0.2) is 0 Å². The zero-order chi connectivity index (χ0) is 13.1. The Labute approximate surface area is 110 Å². The van der Waals surface area contributed by atoms with E-state index in [0.29, 0.717) is 19.5 Å². The minimum absolute atomic E-state index is 0.00667. The van der Waals surface area contributed by atoms with Crippen molar-refractivity contribution in [2.45, 2.75) is 26.2 Å². The first-order chi connectivity index (χ1) is 8.63. The molecule has 1 atom stereocenters. The van der Waals surface area contributed by atoms with E-state index in [-0.39, 0.29) is 5.91 Å². The van der Waals surface area contributed by atoms with Gasteiger partial charge in [0.05, 0.1) is 10.8 Å². The van der Waals surface area contributed by atoms with Crippen LogP contribution in [0.3, 0.4) is 0 Å². The van der Waals surface area contributed by atoms with Crippen LogP contribution in [0.5, 0.6) is 0 Å². The number of rotatable bonds is 3. The molecule has 1 N–H and O–H groups in total. The quantitative estimate of drug-likeness (QED) is 0.913. The van der Waals surface area contributed by atoms with E-state index in [2.05, 4.69) is 0 Å². The van der Waals surface area contributed by atoms with Crippen LogP contribution in [0.25, 0.3) is 0 Å². The molecule has 0 aliphatic carbocycles. The van der Waals surface area contributed by atoms with Crippen molar-refractivity contribution < 1.29 is 14.7 Å². The largest absolute Gasteiger partial charge is 0.481 e. The van der Waals surface area contributed by atoms with Crippen molar-refractivity contribution in [1.29, 1.82) is 0 Å². The summed E-state index contributed by atoms with van der Waals surface area (Å²) in [6, 6.07) is 1.97. The molecule has 0 unspecified atom stereocenters. The van der Waals surface area contributed by atoms with Crippen LogP contribution in [0.15, 0.2) is 11.4 Å². The fourth-order valence-corrected chi connectivity index (χ4v) is 3.27. The van der Waals surface area contributed by atoms with Crippen molar-refractivity contribution in [3.8, 4) is 0 Å². The first kappa shape index (κ1) is 13.1. The summed E-state index contributed by atoms with van der Waals surface area (Å²) in [5.41, 5.74) is 1.06. The minimum Gasteiger partial charge on any atom is -0.481 e. The molecule has 0 saturated carbocycles. The molecule has 1 aromatic heterocycles. The van der Waals surface area contributed by atoms with E-state index in [1.54, 1.807) is 4.90 Å². The van der Waals surface area contributed by atoms with Gasteiger partial charge in [0.1, 0.15) is 0 Å². The normalized spacial score (nSPS) is 19.8. The number of hydrogen-bond donors (Lipinski definition) is 1. The minimum atomic E-state index is -0.797. The molecular weight excluding hydrogens is 250 g/mol. The molecule has 1 amide bonds. The number of carboxylic acids is 1. The summed E-state index contributed by atoms with van der Waals surface area (Å²) < 4.78 is 0. The predicted octanol–water partition coefficient (Wildman–Crippen LogP) is 2.25. The summed E-state index contributed by atoms with van der Waals surface area (Å²) in [7, 11) is 0. The van der Waals surface area contributed by atoms with Crippen molar-refractivity contribution in [1.82, 2.24) is 4.90 Å². The molecule has 2 heterocycles. The van der Waals surface area contributed by atoms with Crippen LogP contribution in [0, 0.1) is 5.92 Å². The van der Waals surface area contributed by atoms with Gasteiger partial charge in [-0.2, -0.15) is 0 Å². The molecule has 1 aromatic rings. The highest BCUT2D eigenvalue weighted by Gasteiger charge is 2.29. The number of amides is 1. The second kappa shape index (κ2) is 5.52. The Morgan fingerprint density at radius 2 is 2.33 bits per heavy atom. The van der Waals surface area contributed by atoms with Gasteiger partial charge in [-0.15, -0.1) is 11.3 Å². The Bertz CT molecular complexity index is 455. The van der Waals surface area contributed by atoms with E-state index < -0.39 is 11.9 Å². The predicted molar refractivity (Wildman–Crippen MR) is 70.0 cm³/mol. The molecule has 1 aliphatic heterocycles. The van der Waals surface area contributed by atoms with E-state index >= 15 is 0 Å². The van der Waals surface area contributed by atoms with Crippen molar-refractivity contribution in [2.24, 2.45) is 5.92 Å². The second-order valence-corrected chi connectivity index (χ2v) is 5.47. The first-order valence-electron chi connectivity index (χ1n) is 6.22. The molecule has 0 aromatic carbocycles. The lowest BCUT2D eigenvalue weighted by Crippen LogP contribution is -2.42. The zero-order valence-corrected chi connectivity index (χ0v) is 11.2. The maximum Gasteiger partial charge on any atom is 0.308 e. The van der Waals surface area contributed by atoms with E-state index in [9.17, 15) is 9.59 Å². The number of nitrogens with zero attached hydrogens (tertiary/aromatic N) is 1. The van der Waals surface area contributed by atoms with Gasteiger partial charge in [0.2, 0.25) is 0 Å². The van der Waals surface area contributed by atoms with Crippen molar-refractivity contribution in [3.05, 3.63) is 21.9 Å². The molecule has 1 saturated heterocycles. The van der Waals surface area contributed by atoms with E-state index in [4.69, 9.17) is 5.11 Å². The lowest BCUT2D eigenvalue weighted by atomic mass is 9.98. The first-order valence-corrected chi connectivity index (χ1v) is 7.10. The highest BCUT2D eigenvalue weighted by molar-refractivity contribution is 7.12. The van der Waals surface area contributed by atoms with Gasteiger partial charge in [-0.25, -0.2) is 0 Å². The van der Waals surface area contributed by atoms with Gasteiger partial charge in [0, 0.05) is 13.1 Å². The monoisotopic (exact) mass is 267 g/mol. The van der Waals surface area contributed by atoms with E-state index in [1.807, 2.05) is 18.4 Å². The second-order valence-electron chi connectivity index (χ2n) is 4.56. The summed E-state index contributed by atoms with van der Waals surface area (Å²) in [6.45, 7) is 3.04. The van der Waals surface area contributed by atoms with Crippen LogP contribution >= 0.6 is 11.3 Å². The molecule has 98 valence electrons. The molecule has 0 spiro atoms. The average molecular weight is 267 g/mol. The third-order valence-electron chi connectivity index (χ3n) is 3.38. The molecular formula is C13H17NO3S. The number of aliphatic carboxylic acids is 1. The van der Waals surface area contributed by atoms with E-state index in [1.165, 1.54) is 11.3 Å². The van der Waals surface area contributed by atoms with Crippen LogP contribution in [0.2, 0.25) is 0 Å². The van der Waals surface area contributed by atoms with Gasteiger partial charge in [-0.3, -0.25) is 9.59 Å². The molecule has 1 fully saturated rings. The highest BCUT2D eigenvalue weighted by atomic mass is 32.1. The third kappa shape index (κ3) is 2.56. The number of carboxylic acid groups (broad SMARTS) is 1. The number of hydrogen-bond acceptors (Lipinski definition) is 3. The summed E-state index contributed by atoms with van der Waals surface area (Å²) in [6.07, 6.45) is 2.28. The maximum absolute atomic E-state index is 12.4. The lowest BCUT2D eigenvalue weighted by molar-refractivity contribution is -0.143. The van der Waals surface area contributed by atoms with Gasteiger partial charge >= 0.3 is 5.97 Å². The summed E-state index contributed by atoms with van der Waals surface area (Å²) >= 11 is 1.45. The van der Waals surface area contributed by atoms with Crippen molar-refractivity contribution in [3.63, 3.8) is 0 Å². The Kier molecular flexibility index (Phi) is 4.01. The van der Waals surface area contributed by atoms with Gasteiger partial charge < -0.3 is 10.0 Å². The summed E-state index contributed by atoms with van der Waals surface area (Å²) in [5, 5.41) is 11.0. The Morgan fingerprint density at radius 3 is 3.00 bits per heavy atom. The lowest BCUT2D eigenvalue weighted by Gasteiger charge is -2.30. The van der Waals surface area contributed by atoms with Crippen LogP contribution < -0.4 is 0 Å². The molecule has 0 bridgehead atoms. The van der Waals surface area contributed by atoms with Crippen LogP contribution in [-0.2, 0) is 11.2 Å². The highest BCUT2D eigenvalue weighted by Crippen LogP contribution is 2.23. The Morgan fingerprint density at radius 1 is 1.56 bits per heavy atom. The number of carbonyl (C=O) groups is 2. The van der Waals surface area contributed by atoms with Crippen LogP contribution in [0.4, 0.5) is 0 Å². The van der Waals surface area contributed by atoms with Crippen molar-refractivity contribution in [2.75, 3.05) is 13.1 Å². The fourth-order valence-electron chi connectivity index (χ4n) is 2.31. The standard InChI is InChI=1S/C13H17NO3S/c1-2-9-5-7-18-11(9)12(15)14-6-3-4-10(8-14)13(16)17/h5,7,10H,2-4,6,8H2,1H3,(H,16,17)/t10-/m0/s1. The third-order valence-corrected chi connectivity index (χ3v) is 4.32. The van der Waals surface area contributed by atoms with Crippen LogP contribution in [-0.4, -0.2) is 35.0 Å². The zero-order valence-electron chi connectivity index (χ0n) is 10.4. The summed E-state index contributed by atoms with van der Waals surface area (Å²) in [5.74, 6) is -1.21. The number of likely N-dealkylation sites (tertiary alicyclic amines) is 1. The molecule has 0 radical (unpaired) electrons. The van der Waals surface area contributed by atoms with Gasteiger partial charge in [0.25, 0.3) is 5.91 Å². The topological polar surface area (TPSA) is 57.6 Å². The average Bonchev–Trinajstić information content (AvgIpc) is 2.86. The Hall–Kier alpha value is -1.36. The number of thiophene rings is 1. The number of piperidine rings is 1. The molecule has 18 heavy (non-hydrogen) atoms. The smallest absolute Gasteiger partial charge is 0.308 e. The number of carbonyl (C=O) groups excluding carboxylic acids is 1.